The number of fused-ring (bicyclic) bond motifs is 1. The van der Waals surface area contributed by atoms with Crippen LogP contribution in [0.1, 0.15) is 11.1 Å². The van der Waals surface area contributed by atoms with Gasteiger partial charge in [-0.05, 0) is 29.7 Å². The minimum atomic E-state index is -0.269. The van der Waals surface area contributed by atoms with E-state index in [1.807, 2.05) is 42.5 Å². The summed E-state index contributed by atoms with van der Waals surface area (Å²) in [5.41, 5.74) is 8.05. The zero-order chi connectivity index (χ0) is 15.4. The molecule has 1 amide bonds. The Balaban J connectivity index is 1.65. The fourth-order valence-corrected chi connectivity index (χ4v) is 2.89. The van der Waals surface area contributed by atoms with Crippen LogP contribution in [0.5, 0.6) is 5.75 Å². The second-order valence-electron chi connectivity index (χ2n) is 5.52. The fourth-order valence-electron chi connectivity index (χ4n) is 2.89. The lowest BCUT2D eigenvalue weighted by atomic mass is 9.93. The van der Waals surface area contributed by atoms with E-state index >= 15 is 0 Å². The predicted octanol–water partition coefficient (Wildman–Crippen LogP) is 1.98. The minimum absolute atomic E-state index is 0.255. The van der Waals surface area contributed by atoms with Crippen LogP contribution in [0.4, 0.5) is 0 Å². The molecule has 0 bridgehead atoms. The Bertz CT molecular complexity index is 643. The van der Waals surface area contributed by atoms with Crippen molar-refractivity contribution in [1.82, 2.24) is 4.90 Å². The lowest BCUT2D eigenvalue weighted by Crippen LogP contribution is -2.49. The van der Waals surface area contributed by atoms with Crippen LogP contribution in [0.3, 0.4) is 0 Å². The number of para-hydroxylation sites is 1. The largest absolute Gasteiger partial charge is 0.492 e. The van der Waals surface area contributed by atoms with Crippen molar-refractivity contribution in [3.8, 4) is 5.75 Å². The second kappa shape index (κ2) is 6.62. The van der Waals surface area contributed by atoms with Gasteiger partial charge in [0, 0.05) is 13.1 Å². The second-order valence-corrected chi connectivity index (χ2v) is 5.52. The van der Waals surface area contributed by atoms with Crippen LogP contribution in [0.2, 0.25) is 0 Å². The summed E-state index contributed by atoms with van der Waals surface area (Å²) in [6, 6.07) is 17.7. The molecule has 3 rings (SSSR count). The smallest absolute Gasteiger partial charge is 0.235 e. The first-order chi connectivity index (χ1) is 10.7. The third-order valence-electron chi connectivity index (χ3n) is 4.06. The van der Waals surface area contributed by atoms with Crippen LogP contribution in [0.25, 0.3) is 0 Å². The maximum atomic E-state index is 11.7. The Morgan fingerprint density at radius 3 is 2.50 bits per heavy atom. The Morgan fingerprint density at radius 1 is 1.09 bits per heavy atom. The van der Waals surface area contributed by atoms with Gasteiger partial charge in [-0.2, -0.15) is 0 Å². The fraction of sp³-hybridized carbons (Fsp3) is 0.278. The molecule has 22 heavy (non-hydrogen) atoms. The molecule has 1 atom stereocenters. The quantitative estimate of drug-likeness (QED) is 0.918. The van der Waals surface area contributed by atoms with E-state index in [2.05, 4.69) is 17.0 Å². The highest BCUT2D eigenvalue weighted by atomic mass is 16.5. The molecule has 2 aromatic carbocycles. The number of hydrogen-bond acceptors (Lipinski definition) is 3. The number of hydrogen-bond donors (Lipinski definition) is 1. The number of primary amides is 1. The topological polar surface area (TPSA) is 55.6 Å². The van der Waals surface area contributed by atoms with Gasteiger partial charge in [0.05, 0.1) is 6.04 Å². The molecule has 0 radical (unpaired) electrons. The standard InChI is InChI=1S/C18H20N2O2/c19-18(21)17-12-14-6-4-5-7-15(14)13-20(17)10-11-22-16-8-2-1-3-9-16/h1-9,17H,10-13H2,(H2,19,21)/t17-/m1/s1. The highest BCUT2D eigenvalue weighted by Crippen LogP contribution is 2.23. The average Bonchev–Trinajstić information content (AvgIpc) is 2.55. The maximum absolute atomic E-state index is 11.7. The third-order valence-corrected chi connectivity index (χ3v) is 4.06. The molecule has 0 saturated carbocycles. The normalized spacial score (nSPS) is 17.7. The van der Waals surface area contributed by atoms with Crippen molar-refractivity contribution in [1.29, 1.82) is 0 Å². The monoisotopic (exact) mass is 296 g/mol. The molecule has 1 aliphatic heterocycles. The first-order valence-electron chi connectivity index (χ1n) is 7.52. The van der Waals surface area contributed by atoms with Crippen LogP contribution in [-0.2, 0) is 17.8 Å². The number of carbonyl (C=O) groups is 1. The van der Waals surface area contributed by atoms with Crippen molar-refractivity contribution < 1.29 is 9.53 Å². The summed E-state index contributed by atoms with van der Waals surface area (Å²) in [5.74, 6) is 0.574. The molecule has 2 N–H and O–H groups in total. The van der Waals surface area contributed by atoms with E-state index in [0.717, 1.165) is 12.3 Å². The number of amides is 1. The summed E-state index contributed by atoms with van der Waals surface area (Å²) in [6.07, 6.45) is 0.677. The SMILES string of the molecule is NC(=O)[C@H]1Cc2ccccc2CN1CCOc1ccccc1. The van der Waals surface area contributed by atoms with Gasteiger partial charge >= 0.3 is 0 Å². The van der Waals surface area contributed by atoms with Gasteiger partial charge in [0.15, 0.2) is 0 Å². The lowest BCUT2D eigenvalue weighted by Gasteiger charge is -2.34. The summed E-state index contributed by atoms with van der Waals surface area (Å²) in [4.78, 5) is 13.9. The van der Waals surface area contributed by atoms with Crippen molar-refractivity contribution in [3.05, 3.63) is 65.7 Å². The molecular formula is C18H20N2O2. The molecule has 0 saturated heterocycles. The molecule has 0 unspecified atom stereocenters. The van der Waals surface area contributed by atoms with Gasteiger partial charge in [-0.1, -0.05) is 42.5 Å². The van der Waals surface area contributed by atoms with Crippen LogP contribution < -0.4 is 10.5 Å². The van der Waals surface area contributed by atoms with E-state index in [1.54, 1.807) is 0 Å². The first kappa shape index (κ1) is 14.6. The van der Waals surface area contributed by atoms with Crippen LogP contribution in [0, 0.1) is 0 Å². The van der Waals surface area contributed by atoms with Crippen molar-refractivity contribution in [2.45, 2.75) is 19.0 Å². The molecule has 4 heteroatoms. The van der Waals surface area contributed by atoms with Gasteiger partial charge in [0.25, 0.3) is 0 Å². The summed E-state index contributed by atoms with van der Waals surface area (Å²) in [7, 11) is 0. The third kappa shape index (κ3) is 3.28. The van der Waals surface area contributed by atoms with E-state index in [9.17, 15) is 4.79 Å². The van der Waals surface area contributed by atoms with Gasteiger partial charge in [-0.15, -0.1) is 0 Å². The summed E-state index contributed by atoms with van der Waals surface area (Å²) < 4.78 is 5.73. The molecule has 1 heterocycles. The summed E-state index contributed by atoms with van der Waals surface area (Å²) in [5, 5.41) is 0. The van der Waals surface area contributed by atoms with Gasteiger partial charge in [0.2, 0.25) is 5.91 Å². The summed E-state index contributed by atoms with van der Waals surface area (Å²) in [6.45, 7) is 1.95. The number of ether oxygens (including phenoxy) is 1. The molecule has 1 aliphatic rings. The highest BCUT2D eigenvalue weighted by Gasteiger charge is 2.29. The van der Waals surface area contributed by atoms with Crippen molar-refractivity contribution in [2.24, 2.45) is 5.73 Å². The number of rotatable bonds is 5. The van der Waals surface area contributed by atoms with Gasteiger partial charge in [-0.25, -0.2) is 0 Å². The maximum Gasteiger partial charge on any atom is 0.235 e. The van der Waals surface area contributed by atoms with E-state index in [4.69, 9.17) is 10.5 Å². The molecule has 114 valence electrons. The first-order valence-corrected chi connectivity index (χ1v) is 7.52. The molecule has 0 fully saturated rings. The minimum Gasteiger partial charge on any atom is -0.492 e. The Labute approximate surface area is 130 Å². The Hall–Kier alpha value is -2.33. The van der Waals surface area contributed by atoms with E-state index < -0.39 is 0 Å². The van der Waals surface area contributed by atoms with Gasteiger partial charge in [0.1, 0.15) is 12.4 Å². The molecule has 4 nitrogen and oxygen atoms in total. The molecule has 0 aromatic heterocycles. The predicted molar refractivity (Wildman–Crippen MR) is 85.5 cm³/mol. The molecule has 0 spiro atoms. The number of nitrogens with two attached hydrogens (primary N) is 1. The molecule has 2 aromatic rings. The van der Waals surface area contributed by atoms with E-state index in [0.29, 0.717) is 19.6 Å². The lowest BCUT2D eigenvalue weighted by molar-refractivity contribution is -0.123. The van der Waals surface area contributed by atoms with Crippen molar-refractivity contribution >= 4 is 5.91 Å². The average molecular weight is 296 g/mol. The van der Waals surface area contributed by atoms with Crippen molar-refractivity contribution in [3.63, 3.8) is 0 Å². The van der Waals surface area contributed by atoms with Crippen molar-refractivity contribution in [2.75, 3.05) is 13.2 Å². The molecule has 0 aliphatic carbocycles. The zero-order valence-corrected chi connectivity index (χ0v) is 12.4. The number of carbonyl (C=O) groups excluding carboxylic acids is 1. The Kier molecular flexibility index (Phi) is 4.39. The summed E-state index contributed by atoms with van der Waals surface area (Å²) >= 11 is 0. The number of benzene rings is 2. The number of nitrogens with zero attached hydrogens (tertiary/aromatic N) is 1. The zero-order valence-electron chi connectivity index (χ0n) is 12.4. The Morgan fingerprint density at radius 2 is 1.77 bits per heavy atom. The van der Waals surface area contributed by atoms with Crippen LogP contribution in [0.15, 0.2) is 54.6 Å². The van der Waals surface area contributed by atoms with Crippen LogP contribution in [-0.4, -0.2) is 30.0 Å². The highest BCUT2D eigenvalue weighted by molar-refractivity contribution is 5.80. The van der Waals surface area contributed by atoms with E-state index in [1.165, 1.54) is 11.1 Å². The van der Waals surface area contributed by atoms with E-state index in [-0.39, 0.29) is 11.9 Å². The van der Waals surface area contributed by atoms with Gasteiger partial charge < -0.3 is 10.5 Å². The van der Waals surface area contributed by atoms with Gasteiger partial charge in [-0.3, -0.25) is 9.69 Å². The molecular weight excluding hydrogens is 276 g/mol. The van der Waals surface area contributed by atoms with Crippen LogP contribution >= 0.6 is 0 Å².